The SMILES string of the molecule is Cc1nc(C)c(C(=O)N[C@H]2CCCCC[C@H]2C(=O)O)o1. The van der Waals surface area contributed by atoms with Crippen LogP contribution in [-0.2, 0) is 4.79 Å². The Balaban J connectivity index is 2.11. The highest BCUT2D eigenvalue weighted by Crippen LogP contribution is 2.24. The maximum absolute atomic E-state index is 12.2. The summed E-state index contributed by atoms with van der Waals surface area (Å²) < 4.78 is 5.27. The van der Waals surface area contributed by atoms with Crippen molar-refractivity contribution in [1.82, 2.24) is 10.3 Å². The zero-order valence-electron chi connectivity index (χ0n) is 11.8. The Morgan fingerprint density at radius 3 is 2.55 bits per heavy atom. The van der Waals surface area contributed by atoms with Gasteiger partial charge in [-0.05, 0) is 19.8 Å². The number of aryl methyl sites for hydroxylation is 2. The predicted octanol–water partition coefficient (Wildman–Crippen LogP) is 2.05. The monoisotopic (exact) mass is 280 g/mol. The lowest BCUT2D eigenvalue weighted by atomic mass is 9.95. The molecule has 6 heteroatoms. The third kappa shape index (κ3) is 3.18. The lowest BCUT2D eigenvalue weighted by molar-refractivity contribution is -0.142. The van der Waals surface area contributed by atoms with Crippen molar-refractivity contribution in [1.29, 1.82) is 0 Å². The topological polar surface area (TPSA) is 92.4 Å². The zero-order chi connectivity index (χ0) is 14.7. The van der Waals surface area contributed by atoms with Crippen molar-refractivity contribution in [2.45, 2.75) is 52.0 Å². The van der Waals surface area contributed by atoms with Gasteiger partial charge in [0.05, 0.1) is 11.6 Å². The fourth-order valence-corrected chi connectivity index (χ4v) is 2.75. The third-order valence-corrected chi connectivity index (χ3v) is 3.76. The molecule has 0 aliphatic heterocycles. The summed E-state index contributed by atoms with van der Waals surface area (Å²) in [6, 6.07) is -0.340. The molecule has 1 aliphatic carbocycles. The smallest absolute Gasteiger partial charge is 0.308 e. The normalized spacial score (nSPS) is 23.1. The van der Waals surface area contributed by atoms with Crippen molar-refractivity contribution in [3.8, 4) is 0 Å². The van der Waals surface area contributed by atoms with E-state index in [-0.39, 0.29) is 17.7 Å². The van der Waals surface area contributed by atoms with E-state index in [0.29, 0.717) is 24.4 Å². The lowest BCUT2D eigenvalue weighted by Gasteiger charge is -2.22. The number of aliphatic carboxylic acids is 1. The van der Waals surface area contributed by atoms with Crippen LogP contribution in [0.4, 0.5) is 0 Å². The number of carboxylic acid groups (broad SMARTS) is 1. The van der Waals surface area contributed by atoms with Crippen LogP contribution in [0.2, 0.25) is 0 Å². The highest BCUT2D eigenvalue weighted by atomic mass is 16.4. The van der Waals surface area contributed by atoms with Crippen molar-refractivity contribution < 1.29 is 19.1 Å². The molecule has 1 aromatic rings. The van der Waals surface area contributed by atoms with Crippen LogP contribution in [0.15, 0.2) is 4.42 Å². The molecule has 2 N–H and O–H groups in total. The number of nitrogens with one attached hydrogen (secondary N) is 1. The van der Waals surface area contributed by atoms with E-state index in [4.69, 9.17) is 4.42 Å². The second kappa shape index (κ2) is 6.07. The van der Waals surface area contributed by atoms with Gasteiger partial charge in [0, 0.05) is 13.0 Å². The van der Waals surface area contributed by atoms with Gasteiger partial charge in [0.15, 0.2) is 5.89 Å². The molecule has 2 atom stereocenters. The van der Waals surface area contributed by atoms with Gasteiger partial charge in [-0.15, -0.1) is 0 Å². The Morgan fingerprint density at radius 1 is 1.25 bits per heavy atom. The molecule has 1 saturated carbocycles. The van der Waals surface area contributed by atoms with Crippen LogP contribution in [-0.4, -0.2) is 28.0 Å². The highest BCUT2D eigenvalue weighted by molar-refractivity contribution is 5.93. The lowest BCUT2D eigenvalue weighted by Crippen LogP contribution is -2.42. The van der Waals surface area contributed by atoms with E-state index in [1.807, 2.05) is 0 Å². The van der Waals surface area contributed by atoms with Gasteiger partial charge in [-0.1, -0.05) is 19.3 Å². The predicted molar refractivity (Wildman–Crippen MR) is 71.4 cm³/mol. The van der Waals surface area contributed by atoms with Gasteiger partial charge in [0.1, 0.15) is 0 Å². The first-order valence-corrected chi connectivity index (χ1v) is 6.96. The maximum atomic E-state index is 12.2. The minimum atomic E-state index is -0.845. The molecule has 0 unspecified atom stereocenters. The Morgan fingerprint density at radius 2 is 1.95 bits per heavy atom. The van der Waals surface area contributed by atoms with Gasteiger partial charge in [0.2, 0.25) is 5.76 Å². The van der Waals surface area contributed by atoms with Crippen LogP contribution in [0, 0.1) is 19.8 Å². The molecule has 0 bridgehead atoms. The Labute approximate surface area is 117 Å². The fourth-order valence-electron chi connectivity index (χ4n) is 2.75. The fraction of sp³-hybridized carbons (Fsp3) is 0.643. The molecule has 1 aliphatic rings. The standard InChI is InChI=1S/C14H20N2O4/c1-8-12(20-9(2)15-8)13(17)16-11-7-5-3-4-6-10(11)14(18)19/h10-11H,3-7H2,1-2H3,(H,16,17)(H,18,19)/t10-,11+/m1/s1. The van der Waals surface area contributed by atoms with Gasteiger partial charge < -0.3 is 14.8 Å². The summed E-state index contributed by atoms with van der Waals surface area (Å²) in [6.07, 6.45) is 4.13. The van der Waals surface area contributed by atoms with E-state index in [0.717, 1.165) is 19.3 Å². The Kier molecular flexibility index (Phi) is 4.42. The number of hydrogen-bond donors (Lipinski definition) is 2. The van der Waals surface area contributed by atoms with Crippen LogP contribution in [0.3, 0.4) is 0 Å². The first-order valence-electron chi connectivity index (χ1n) is 6.96. The van der Waals surface area contributed by atoms with Gasteiger partial charge in [-0.2, -0.15) is 0 Å². The minimum Gasteiger partial charge on any atom is -0.481 e. The van der Waals surface area contributed by atoms with Gasteiger partial charge in [-0.3, -0.25) is 9.59 Å². The van der Waals surface area contributed by atoms with Gasteiger partial charge in [0.25, 0.3) is 5.91 Å². The van der Waals surface area contributed by atoms with Crippen molar-refractivity contribution >= 4 is 11.9 Å². The molecular formula is C14H20N2O4. The molecule has 1 heterocycles. The molecule has 20 heavy (non-hydrogen) atoms. The van der Waals surface area contributed by atoms with Crippen LogP contribution < -0.4 is 5.32 Å². The number of hydrogen-bond acceptors (Lipinski definition) is 4. The van der Waals surface area contributed by atoms with Crippen molar-refractivity contribution in [3.05, 3.63) is 17.3 Å². The molecule has 1 amide bonds. The Bertz CT molecular complexity index is 509. The Hall–Kier alpha value is -1.85. The maximum Gasteiger partial charge on any atom is 0.308 e. The molecule has 0 aromatic carbocycles. The summed E-state index contributed by atoms with van der Waals surface area (Å²) >= 11 is 0. The molecular weight excluding hydrogens is 260 g/mol. The average Bonchev–Trinajstić information content (AvgIpc) is 2.60. The summed E-state index contributed by atoms with van der Waals surface area (Å²) in [6.45, 7) is 3.38. The second-order valence-corrected chi connectivity index (χ2v) is 5.31. The van der Waals surface area contributed by atoms with E-state index in [9.17, 15) is 14.7 Å². The van der Waals surface area contributed by atoms with Crippen molar-refractivity contribution in [2.75, 3.05) is 0 Å². The van der Waals surface area contributed by atoms with Crippen LogP contribution in [0.1, 0.15) is 54.2 Å². The third-order valence-electron chi connectivity index (χ3n) is 3.76. The van der Waals surface area contributed by atoms with Crippen molar-refractivity contribution in [2.24, 2.45) is 5.92 Å². The summed E-state index contributed by atoms with van der Waals surface area (Å²) in [5.74, 6) is -1.13. The molecule has 110 valence electrons. The second-order valence-electron chi connectivity index (χ2n) is 5.31. The van der Waals surface area contributed by atoms with Gasteiger partial charge in [-0.25, -0.2) is 4.98 Å². The number of oxazole rings is 1. The number of aromatic nitrogens is 1. The van der Waals surface area contributed by atoms with E-state index in [1.165, 1.54) is 0 Å². The summed E-state index contributed by atoms with van der Waals surface area (Å²) in [5, 5.41) is 12.1. The highest BCUT2D eigenvalue weighted by Gasteiger charge is 2.31. The zero-order valence-corrected chi connectivity index (χ0v) is 11.8. The number of carbonyl (C=O) groups excluding carboxylic acids is 1. The first kappa shape index (κ1) is 14.6. The van der Waals surface area contributed by atoms with Crippen LogP contribution in [0.25, 0.3) is 0 Å². The van der Waals surface area contributed by atoms with E-state index in [1.54, 1.807) is 13.8 Å². The molecule has 2 rings (SSSR count). The van der Waals surface area contributed by atoms with Crippen LogP contribution in [0.5, 0.6) is 0 Å². The quantitative estimate of drug-likeness (QED) is 0.827. The summed E-state index contributed by atoms with van der Waals surface area (Å²) in [4.78, 5) is 27.6. The van der Waals surface area contributed by atoms with Crippen molar-refractivity contribution in [3.63, 3.8) is 0 Å². The number of carboxylic acids is 1. The molecule has 1 aromatic heterocycles. The number of nitrogens with zero attached hydrogens (tertiary/aromatic N) is 1. The largest absolute Gasteiger partial charge is 0.481 e. The average molecular weight is 280 g/mol. The molecule has 1 fully saturated rings. The molecule has 0 saturated heterocycles. The summed E-state index contributed by atoms with van der Waals surface area (Å²) in [5.41, 5.74) is 0.528. The van der Waals surface area contributed by atoms with Crippen LogP contribution >= 0.6 is 0 Å². The van der Waals surface area contributed by atoms with E-state index >= 15 is 0 Å². The number of amides is 1. The number of carbonyl (C=O) groups is 2. The van der Waals surface area contributed by atoms with E-state index in [2.05, 4.69) is 10.3 Å². The van der Waals surface area contributed by atoms with Gasteiger partial charge >= 0.3 is 5.97 Å². The molecule has 0 radical (unpaired) electrons. The molecule has 6 nitrogen and oxygen atoms in total. The number of rotatable bonds is 3. The van der Waals surface area contributed by atoms with E-state index < -0.39 is 11.9 Å². The summed E-state index contributed by atoms with van der Waals surface area (Å²) in [7, 11) is 0. The molecule has 0 spiro atoms. The minimum absolute atomic E-state index is 0.177. The first-order chi connectivity index (χ1) is 9.49.